The second-order valence-electron chi connectivity index (χ2n) is 5.68. The Bertz CT molecular complexity index is 472. The summed E-state index contributed by atoms with van der Waals surface area (Å²) in [4.78, 5) is 11.8. The maximum Gasteiger partial charge on any atom is 0.360 e. The van der Waals surface area contributed by atoms with Crippen molar-refractivity contribution in [1.82, 2.24) is 15.0 Å². The molecule has 6 nitrogen and oxygen atoms in total. The van der Waals surface area contributed by atoms with Crippen molar-refractivity contribution in [3.63, 3.8) is 0 Å². The summed E-state index contributed by atoms with van der Waals surface area (Å²) >= 11 is 0. The largest absolute Gasteiger partial charge is 0.461 e. The standard InChI is InChI=1S/C14H24N4O2/c1-4-20-14(19)13-12(8-15)18(17-16-13)11-6-5-9(2)10(3)7-11/h9-11H,4-8,15H2,1-3H3. The summed E-state index contributed by atoms with van der Waals surface area (Å²) in [7, 11) is 0. The van der Waals surface area contributed by atoms with Crippen LogP contribution in [-0.4, -0.2) is 27.6 Å². The minimum Gasteiger partial charge on any atom is -0.461 e. The highest BCUT2D eigenvalue weighted by molar-refractivity contribution is 5.88. The summed E-state index contributed by atoms with van der Waals surface area (Å²) in [5.74, 6) is 0.951. The van der Waals surface area contributed by atoms with Crippen molar-refractivity contribution in [3.05, 3.63) is 11.4 Å². The highest BCUT2D eigenvalue weighted by Gasteiger charge is 2.29. The van der Waals surface area contributed by atoms with Gasteiger partial charge >= 0.3 is 5.97 Å². The molecule has 1 aromatic heterocycles. The van der Waals surface area contributed by atoms with Crippen LogP contribution in [0, 0.1) is 11.8 Å². The molecule has 1 aromatic rings. The number of nitrogens with zero attached hydrogens (tertiary/aromatic N) is 3. The van der Waals surface area contributed by atoms with E-state index in [1.165, 1.54) is 6.42 Å². The highest BCUT2D eigenvalue weighted by atomic mass is 16.5. The first-order valence-electron chi connectivity index (χ1n) is 7.39. The van der Waals surface area contributed by atoms with Gasteiger partial charge in [-0.2, -0.15) is 0 Å². The maximum absolute atomic E-state index is 11.8. The van der Waals surface area contributed by atoms with E-state index in [1.54, 1.807) is 6.92 Å². The normalized spacial score (nSPS) is 26.5. The first-order chi connectivity index (χ1) is 9.58. The number of hydrogen-bond acceptors (Lipinski definition) is 5. The van der Waals surface area contributed by atoms with Gasteiger partial charge in [0, 0.05) is 6.54 Å². The number of carbonyl (C=O) groups is 1. The minimum atomic E-state index is -0.434. The van der Waals surface area contributed by atoms with E-state index in [1.807, 2.05) is 4.68 Å². The highest BCUT2D eigenvalue weighted by Crippen LogP contribution is 2.36. The summed E-state index contributed by atoms with van der Waals surface area (Å²) in [6.07, 6.45) is 3.29. The van der Waals surface area contributed by atoms with Crippen molar-refractivity contribution in [2.75, 3.05) is 6.61 Å². The van der Waals surface area contributed by atoms with Crippen molar-refractivity contribution in [2.24, 2.45) is 17.6 Å². The molecule has 1 heterocycles. The van der Waals surface area contributed by atoms with Gasteiger partial charge in [0.25, 0.3) is 0 Å². The number of carbonyl (C=O) groups excluding carboxylic acids is 1. The van der Waals surface area contributed by atoms with Crippen LogP contribution in [0.3, 0.4) is 0 Å². The molecule has 0 amide bonds. The van der Waals surface area contributed by atoms with Crippen molar-refractivity contribution < 1.29 is 9.53 Å². The van der Waals surface area contributed by atoms with Crippen LogP contribution in [0.15, 0.2) is 0 Å². The van der Waals surface area contributed by atoms with Crippen LogP contribution >= 0.6 is 0 Å². The predicted molar refractivity (Wildman–Crippen MR) is 75.1 cm³/mol. The van der Waals surface area contributed by atoms with Gasteiger partial charge in [-0.1, -0.05) is 19.1 Å². The molecule has 6 heteroatoms. The maximum atomic E-state index is 11.8. The third-order valence-corrected chi connectivity index (χ3v) is 4.37. The summed E-state index contributed by atoms with van der Waals surface area (Å²) in [5.41, 5.74) is 6.74. The zero-order valence-electron chi connectivity index (χ0n) is 12.5. The molecule has 2 N–H and O–H groups in total. The quantitative estimate of drug-likeness (QED) is 0.852. The molecule has 0 radical (unpaired) electrons. The fourth-order valence-electron chi connectivity index (χ4n) is 2.90. The van der Waals surface area contributed by atoms with Gasteiger partial charge in [-0.3, -0.25) is 0 Å². The van der Waals surface area contributed by atoms with Crippen molar-refractivity contribution in [3.8, 4) is 0 Å². The van der Waals surface area contributed by atoms with Crippen molar-refractivity contribution in [2.45, 2.75) is 52.6 Å². The molecule has 1 fully saturated rings. The lowest BCUT2D eigenvalue weighted by atomic mass is 9.79. The predicted octanol–water partition coefficient (Wildman–Crippen LogP) is 1.91. The third-order valence-electron chi connectivity index (χ3n) is 4.37. The molecule has 0 spiro atoms. The molecule has 112 valence electrons. The first kappa shape index (κ1) is 15.0. The van der Waals surface area contributed by atoms with Gasteiger partial charge in [0.1, 0.15) is 0 Å². The van der Waals surface area contributed by atoms with E-state index in [9.17, 15) is 4.79 Å². The van der Waals surface area contributed by atoms with Crippen molar-refractivity contribution >= 4 is 5.97 Å². The minimum absolute atomic E-state index is 0.252. The molecule has 20 heavy (non-hydrogen) atoms. The lowest BCUT2D eigenvalue weighted by Gasteiger charge is -2.32. The van der Waals surface area contributed by atoms with E-state index in [0.29, 0.717) is 18.2 Å². The van der Waals surface area contributed by atoms with Crippen LogP contribution in [-0.2, 0) is 11.3 Å². The third kappa shape index (κ3) is 2.85. The van der Waals surface area contributed by atoms with Gasteiger partial charge in [0.15, 0.2) is 5.69 Å². The molecule has 3 atom stereocenters. The van der Waals surface area contributed by atoms with E-state index >= 15 is 0 Å². The van der Waals surface area contributed by atoms with Gasteiger partial charge in [-0.15, -0.1) is 5.10 Å². The number of nitrogens with two attached hydrogens (primary N) is 1. The van der Waals surface area contributed by atoms with Gasteiger partial charge in [0.05, 0.1) is 18.3 Å². The van der Waals surface area contributed by atoms with Gasteiger partial charge < -0.3 is 10.5 Å². The van der Waals surface area contributed by atoms with Crippen molar-refractivity contribution in [1.29, 1.82) is 0 Å². The van der Waals surface area contributed by atoms with Gasteiger partial charge in [-0.25, -0.2) is 9.48 Å². The summed E-state index contributed by atoms with van der Waals surface area (Å²) < 4.78 is 6.84. The SMILES string of the molecule is CCOC(=O)c1nnn(C2CCC(C)C(C)C2)c1CN. The Morgan fingerprint density at radius 2 is 2.15 bits per heavy atom. The molecule has 0 aromatic carbocycles. The van der Waals surface area contributed by atoms with E-state index in [2.05, 4.69) is 24.2 Å². The fraction of sp³-hybridized carbons (Fsp3) is 0.786. The molecule has 1 aliphatic carbocycles. The molecule has 0 bridgehead atoms. The Morgan fingerprint density at radius 1 is 1.40 bits per heavy atom. The summed E-state index contributed by atoms with van der Waals surface area (Å²) in [6, 6.07) is 0.287. The summed E-state index contributed by atoms with van der Waals surface area (Å²) in [5, 5.41) is 8.14. The topological polar surface area (TPSA) is 83.0 Å². The Kier molecular flexibility index (Phi) is 4.75. The molecule has 0 aliphatic heterocycles. The Balaban J connectivity index is 2.22. The first-order valence-corrected chi connectivity index (χ1v) is 7.39. The van der Waals surface area contributed by atoms with Crippen LogP contribution in [0.25, 0.3) is 0 Å². The second-order valence-corrected chi connectivity index (χ2v) is 5.68. The average Bonchev–Trinajstić information content (AvgIpc) is 2.86. The Labute approximate surface area is 119 Å². The average molecular weight is 280 g/mol. The number of aromatic nitrogens is 3. The molecule has 3 unspecified atom stereocenters. The van der Waals surface area contributed by atoms with Crippen LogP contribution < -0.4 is 5.73 Å². The smallest absolute Gasteiger partial charge is 0.360 e. The van der Waals surface area contributed by atoms with E-state index in [-0.39, 0.29) is 18.3 Å². The Hall–Kier alpha value is -1.43. The Morgan fingerprint density at radius 3 is 2.75 bits per heavy atom. The number of rotatable bonds is 4. The molecule has 1 saturated carbocycles. The fourth-order valence-corrected chi connectivity index (χ4v) is 2.90. The van der Waals surface area contributed by atoms with E-state index in [4.69, 9.17) is 10.5 Å². The van der Waals surface area contributed by atoms with Gasteiger partial charge in [-0.05, 0) is 38.0 Å². The lowest BCUT2D eigenvalue weighted by Crippen LogP contribution is -2.26. The molecular weight excluding hydrogens is 256 g/mol. The van der Waals surface area contributed by atoms with Crippen LogP contribution in [0.2, 0.25) is 0 Å². The number of ether oxygens (including phenoxy) is 1. The number of hydrogen-bond donors (Lipinski definition) is 1. The van der Waals surface area contributed by atoms with E-state index < -0.39 is 5.97 Å². The summed E-state index contributed by atoms with van der Waals surface area (Å²) in [6.45, 7) is 6.90. The van der Waals surface area contributed by atoms with E-state index in [0.717, 1.165) is 18.8 Å². The molecular formula is C14H24N4O2. The van der Waals surface area contributed by atoms with Crippen LogP contribution in [0.5, 0.6) is 0 Å². The lowest BCUT2D eigenvalue weighted by molar-refractivity contribution is 0.0518. The van der Waals surface area contributed by atoms with Gasteiger partial charge in [0.2, 0.25) is 0 Å². The monoisotopic (exact) mass is 280 g/mol. The van der Waals surface area contributed by atoms with Crippen LogP contribution in [0.4, 0.5) is 0 Å². The molecule has 0 saturated heterocycles. The zero-order chi connectivity index (χ0) is 14.7. The zero-order valence-corrected chi connectivity index (χ0v) is 12.5. The number of esters is 1. The molecule has 1 aliphatic rings. The molecule has 2 rings (SSSR count). The van der Waals surface area contributed by atoms with Crippen LogP contribution in [0.1, 0.15) is 62.3 Å². The second kappa shape index (κ2) is 6.35.